The zero-order valence-corrected chi connectivity index (χ0v) is 11.5. The molecule has 1 aromatic heterocycles. The van der Waals surface area contributed by atoms with Crippen LogP contribution >= 0.6 is 0 Å². The zero-order chi connectivity index (χ0) is 13.8. The Morgan fingerprint density at radius 2 is 1.68 bits per heavy atom. The number of nitrogens with two attached hydrogens (primary N) is 1. The highest BCUT2D eigenvalue weighted by molar-refractivity contribution is 5.65. The first-order valence-corrected chi connectivity index (χ1v) is 6.29. The number of rotatable bonds is 4. The number of hydrazine groups is 1. The molecule has 5 heteroatoms. The van der Waals surface area contributed by atoms with Crippen LogP contribution in [0.3, 0.4) is 0 Å². The van der Waals surface area contributed by atoms with Gasteiger partial charge < -0.3 is 10.7 Å². The number of nitrogens with one attached hydrogen (secondary N) is 2. The summed E-state index contributed by atoms with van der Waals surface area (Å²) in [7, 11) is 0. The summed E-state index contributed by atoms with van der Waals surface area (Å²) < 4.78 is 0. The lowest BCUT2D eigenvalue weighted by atomic mass is 10.1. The Morgan fingerprint density at radius 1 is 1.05 bits per heavy atom. The lowest BCUT2D eigenvalue weighted by Crippen LogP contribution is -2.13. The minimum absolute atomic E-state index is 0.657. The first-order valence-electron chi connectivity index (χ1n) is 6.29. The third-order valence-corrected chi connectivity index (χ3v) is 2.92. The van der Waals surface area contributed by atoms with Crippen LogP contribution < -0.4 is 16.6 Å². The average molecular weight is 257 g/mol. The second-order valence-electron chi connectivity index (χ2n) is 4.55. The molecular weight excluding hydrogens is 238 g/mol. The predicted molar refractivity (Wildman–Crippen MR) is 78.4 cm³/mol. The first kappa shape index (κ1) is 13.3. The summed E-state index contributed by atoms with van der Waals surface area (Å²) in [6.07, 6.45) is 2.30. The van der Waals surface area contributed by atoms with E-state index in [1.807, 2.05) is 6.92 Å². The van der Waals surface area contributed by atoms with Gasteiger partial charge in [-0.2, -0.15) is 0 Å². The minimum atomic E-state index is 0.657. The highest BCUT2D eigenvalue weighted by Gasteiger charge is 2.09. The molecular formula is C14H19N5. The molecule has 0 radical (unpaired) electrons. The van der Waals surface area contributed by atoms with Crippen LogP contribution in [-0.2, 0) is 6.42 Å². The molecule has 0 unspecified atom stereocenters. The van der Waals surface area contributed by atoms with Gasteiger partial charge in [-0.25, -0.2) is 15.8 Å². The van der Waals surface area contributed by atoms with Crippen LogP contribution in [0.2, 0.25) is 0 Å². The quantitative estimate of drug-likeness (QED) is 0.580. The molecule has 0 bridgehead atoms. The van der Waals surface area contributed by atoms with E-state index in [1.54, 1.807) is 0 Å². The van der Waals surface area contributed by atoms with E-state index in [9.17, 15) is 0 Å². The van der Waals surface area contributed by atoms with Crippen molar-refractivity contribution in [3.8, 4) is 0 Å². The van der Waals surface area contributed by atoms with Gasteiger partial charge in [0.15, 0.2) is 0 Å². The molecule has 0 fully saturated rings. The van der Waals surface area contributed by atoms with Crippen molar-refractivity contribution in [3.63, 3.8) is 0 Å². The van der Waals surface area contributed by atoms with E-state index in [0.29, 0.717) is 5.82 Å². The van der Waals surface area contributed by atoms with Gasteiger partial charge >= 0.3 is 0 Å². The normalized spacial score (nSPS) is 10.3. The van der Waals surface area contributed by atoms with Crippen molar-refractivity contribution < 1.29 is 0 Å². The van der Waals surface area contributed by atoms with Gasteiger partial charge in [-0.15, -0.1) is 0 Å². The van der Waals surface area contributed by atoms with Gasteiger partial charge in [0, 0.05) is 11.3 Å². The summed E-state index contributed by atoms with van der Waals surface area (Å²) in [6, 6.07) is 6.31. The Kier molecular flexibility index (Phi) is 3.97. The summed E-state index contributed by atoms with van der Waals surface area (Å²) in [5, 5.41) is 3.33. The molecule has 100 valence electrons. The molecule has 19 heavy (non-hydrogen) atoms. The second-order valence-corrected chi connectivity index (χ2v) is 4.55. The first-order chi connectivity index (χ1) is 9.13. The fourth-order valence-electron chi connectivity index (χ4n) is 2.16. The van der Waals surface area contributed by atoms with Crippen LogP contribution in [-0.4, -0.2) is 9.97 Å². The SMILES string of the molecule is CCc1c(NN)ncnc1Nc1cc(C)cc(C)c1. The largest absolute Gasteiger partial charge is 0.340 e. The van der Waals surface area contributed by atoms with Crippen molar-refractivity contribution in [1.29, 1.82) is 0 Å². The highest BCUT2D eigenvalue weighted by Crippen LogP contribution is 2.24. The van der Waals surface area contributed by atoms with Crippen molar-refractivity contribution in [2.24, 2.45) is 5.84 Å². The fraction of sp³-hybridized carbons (Fsp3) is 0.286. The molecule has 1 heterocycles. The van der Waals surface area contributed by atoms with Crippen molar-refractivity contribution in [1.82, 2.24) is 9.97 Å². The summed E-state index contributed by atoms with van der Waals surface area (Å²) in [6.45, 7) is 6.20. The van der Waals surface area contributed by atoms with E-state index >= 15 is 0 Å². The zero-order valence-electron chi connectivity index (χ0n) is 11.5. The Hall–Kier alpha value is -2.14. The second kappa shape index (κ2) is 5.67. The monoisotopic (exact) mass is 257 g/mol. The molecule has 0 amide bonds. The lowest BCUT2D eigenvalue weighted by Gasteiger charge is -2.13. The highest BCUT2D eigenvalue weighted by atomic mass is 15.3. The van der Waals surface area contributed by atoms with E-state index in [-0.39, 0.29) is 0 Å². The van der Waals surface area contributed by atoms with Crippen molar-refractivity contribution >= 4 is 17.3 Å². The Bertz CT molecular complexity index is 560. The summed E-state index contributed by atoms with van der Waals surface area (Å²) in [5.41, 5.74) is 7.03. The van der Waals surface area contributed by atoms with Gasteiger partial charge in [0.2, 0.25) is 0 Å². The van der Waals surface area contributed by atoms with Crippen LogP contribution in [0.4, 0.5) is 17.3 Å². The standard InChI is InChI=1S/C14H19N5/c1-4-12-13(16-8-17-14(12)19-15)18-11-6-9(2)5-10(3)7-11/h5-8H,4,15H2,1-3H3,(H2,16,17,18,19). The van der Waals surface area contributed by atoms with Gasteiger partial charge in [-0.1, -0.05) is 13.0 Å². The molecule has 5 nitrogen and oxygen atoms in total. The molecule has 0 atom stereocenters. The number of benzene rings is 1. The van der Waals surface area contributed by atoms with Crippen molar-refractivity contribution in [2.45, 2.75) is 27.2 Å². The maximum Gasteiger partial charge on any atom is 0.148 e. The minimum Gasteiger partial charge on any atom is -0.340 e. The number of nitrogens with zero attached hydrogens (tertiary/aromatic N) is 2. The van der Waals surface area contributed by atoms with Gasteiger partial charge in [0.05, 0.1) is 0 Å². The number of anilines is 3. The molecule has 0 aliphatic heterocycles. The molecule has 1 aromatic carbocycles. The van der Waals surface area contributed by atoms with Crippen LogP contribution in [0.1, 0.15) is 23.6 Å². The molecule has 2 aromatic rings. The number of aryl methyl sites for hydroxylation is 2. The van der Waals surface area contributed by atoms with Crippen molar-refractivity contribution in [3.05, 3.63) is 41.2 Å². The van der Waals surface area contributed by atoms with Gasteiger partial charge in [-0.3, -0.25) is 0 Å². The molecule has 2 rings (SSSR count). The predicted octanol–water partition coefficient (Wildman–Crippen LogP) is 2.69. The van der Waals surface area contributed by atoms with E-state index in [4.69, 9.17) is 5.84 Å². The molecule has 0 aliphatic carbocycles. The third-order valence-electron chi connectivity index (χ3n) is 2.92. The number of hydrogen-bond acceptors (Lipinski definition) is 5. The van der Waals surface area contributed by atoms with E-state index in [1.165, 1.54) is 17.5 Å². The smallest absolute Gasteiger partial charge is 0.148 e. The third kappa shape index (κ3) is 3.00. The Labute approximate surface area is 113 Å². The molecule has 0 aliphatic rings. The fourth-order valence-corrected chi connectivity index (χ4v) is 2.16. The van der Waals surface area contributed by atoms with Crippen LogP contribution in [0, 0.1) is 13.8 Å². The summed E-state index contributed by atoms with van der Waals surface area (Å²) >= 11 is 0. The van der Waals surface area contributed by atoms with Crippen LogP contribution in [0.25, 0.3) is 0 Å². The van der Waals surface area contributed by atoms with E-state index in [2.05, 4.69) is 52.8 Å². The number of aromatic nitrogens is 2. The van der Waals surface area contributed by atoms with Crippen molar-refractivity contribution in [2.75, 3.05) is 10.7 Å². The maximum atomic E-state index is 5.47. The average Bonchev–Trinajstić information content (AvgIpc) is 2.37. The summed E-state index contributed by atoms with van der Waals surface area (Å²) in [5.74, 6) is 6.91. The van der Waals surface area contributed by atoms with Gasteiger partial charge in [0.1, 0.15) is 18.0 Å². The van der Waals surface area contributed by atoms with E-state index < -0.39 is 0 Å². The van der Waals surface area contributed by atoms with Gasteiger partial charge in [-0.05, 0) is 43.5 Å². The maximum absolute atomic E-state index is 5.47. The molecule has 0 saturated carbocycles. The molecule has 0 saturated heterocycles. The lowest BCUT2D eigenvalue weighted by molar-refractivity contribution is 1.04. The van der Waals surface area contributed by atoms with E-state index in [0.717, 1.165) is 23.5 Å². The Morgan fingerprint density at radius 3 is 2.26 bits per heavy atom. The van der Waals surface area contributed by atoms with Gasteiger partial charge in [0.25, 0.3) is 0 Å². The van der Waals surface area contributed by atoms with Crippen LogP contribution in [0.5, 0.6) is 0 Å². The topological polar surface area (TPSA) is 75.9 Å². The number of nitrogen functional groups attached to an aromatic ring is 1. The number of hydrogen-bond donors (Lipinski definition) is 3. The van der Waals surface area contributed by atoms with Crippen LogP contribution in [0.15, 0.2) is 24.5 Å². The molecule has 0 spiro atoms. The summed E-state index contributed by atoms with van der Waals surface area (Å²) in [4.78, 5) is 8.41. The Balaban J connectivity index is 2.37. The molecule has 4 N–H and O–H groups in total.